The van der Waals surface area contributed by atoms with Gasteiger partial charge in [0.25, 0.3) is 5.91 Å². The number of benzene rings is 2. The molecule has 1 fully saturated rings. The predicted octanol–water partition coefficient (Wildman–Crippen LogP) is 5.55. The number of sulfonamides is 1. The van der Waals surface area contributed by atoms with Crippen molar-refractivity contribution in [3.05, 3.63) is 53.1 Å². The Morgan fingerprint density at radius 2 is 1.65 bits per heavy atom. The summed E-state index contributed by atoms with van der Waals surface area (Å²) in [6, 6.07) is 12.3. The van der Waals surface area contributed by atoms with Gasteiger partial charge in [0, 0.05) is 26.2 Å². The molecule has 0 aromatic heterocycles. The first-order valence-electron chi connectivity index (χ1n) is 12.4. The molecule has 1 aliphatic heterocycles. The number of piperazine rings is 1. The van der Waals surface area contributed by atoms with Crippen LogP contribution in [0.5, 0.6) is 11.5 Å². The number of nitrogens with zero attached hydrogens (tertiary/aromatic N) is 2. The molecule has 0 bridgehead atoms. The van der Waals surface area contributed by atoms with Gasteiger partial charge >= 0.3 is 0 Å². The van der Waals surface area contributed by atoms with Crippen LogP contribution in [0.25, 0.3) is 0 Å². The van der Waals surface area contributed by atoms with Crippen LogP contribution in [-0.2, 0) is 14.8 Å². The molecular formula is C26H35ClN2O5S3. The van der Waals surface area contributed by atoms with Crippen molar-refractivity contribution in [1.29, 1.82) is 0 Å². The molecule has 1 aliphatic rings. The third-order valence-corrected chi connectivity index (χ3v) is 11.5. The van der Waals surface area contributed by atoms with Crippen molar-refractivity contribution in [3.8, 4) is 11.5 Å². The number of ether oxygens (including phenoxy) is 2. The van der Waals surface area contributed by atoms with E-state index in [0.717, 1.165) is 24.3 Å². The second-order valence-corrected chi connectivity index (χ2v) is 13.5. The fraction of sp³-hybridized carbons (Fsp3) is 0.500. The van der Waals surface area contributed by atoms with E-state index in [0.29, 0.717) is 16.1 Å². The lowest BCUT2D eigenvalue weighted by Crippen LogP contribution is -2.51. The Morgan fingerprint density at radius 1 is 1.00 bits per heavy atom. The monoisotopic (exact) mass is 586 g/mol. The second-order valence-electron chi connectivity index (χ2n) is 8.49. The molecule has 0 spiro atoms. The summed E-state index contributed by atoms with van der Waals surface area (Å²) < 4.78 is 39.0. The van der Waals surface area contributed by atoms with Gasteiger partial charge in [0.05, 0.1) is 16.7 Å². The van der Waals surface area contributed by atoms with E-state index in [4.69, 9.17) is 21.1 Å². The van der Waals surface area contributed by atoms with Crippen LogP contribution in [-0.4, -0.2) is 74.9 Å². The average molecular weight is 587 g/mol. The summed E-state index contributed by atoms with van der Waals surface area (Å²) >= 11 is 9.96. The minimum atomic E-state index is -3.72. The lowest BCUT2D eigenvalue weighted by Gasteiger charge is -2.34. The molecule has 204 valence electrons. The molecule has 7 nitrogen and oxygen atoms in total. The number of thioether (sulfide) groups is 2. The Kier molecular flexibility index (Phi) is 11.8. The van der Waals surface area contributed by atoms with Crippen LogP contribution in [0.4, 0.5) is 0 Å². The molecule has 2 aromatic carbocycles. The smallest absolute Gasteiger partial charge is 0.260 e. The number of hydrogen-bond acceptors (Lipinski definition) is 7. The Hall–Kier alpha value is -1.59. The van der Waals surface area contributed by atoms with Crippen molar-refractivity contribution in [3.63, 3.8) is 0 Å². The summed E-state index contributed by atoms with van der Waals surface area (Å²) in [5.74, 6) is 3.09. The van der Waals surface area contributed by atoms with E-state index in [1.807, 2.05) is 41.7 Å². The topological polar surface area (TPSA) is 76.2 Å². The van der Waals surface area contributed by atoms with Gasteiger partial charge in [-0.2, -0.15) is 4.31 Å². The Balaban J connectivity index is 1.58. The van der Waals surface area contributed by atoms with Crippen LogP contribution in [0.1, 0.15) is 36.8 Å². The first-order valence-corrected chi connectivity index (χ1v) is 16.3. The van der Waals surface area contributed by atoms with Crippen molar-refractivity contribution in [2.45, 2.75) is 36.2 Å². The zero-order valence-corrected chi connectivity index (χ0v) is 24.7. The maximum absolute atomic E-state index is 13.0. The second kappa shape index (κ2) is 14.5. The quantitative estimate of drug-likeness (QED) is 0.285. The minimum Gasteiger partial charge on any atom is -0.493 e. The van der Waals surface area contributed by atoms with Gasteiger partial charge in [-0.3, -0.25) is 4.79 Å². The van der Waals surface area contributed by atoms with Crippen LogP contribution in [0.2, 0.25) is 5.02 Å². The Labute approximate surface area is 234 Å². The molecule has 0 aliphatic carbocycles. The minimum absolute atomic E-state index is 0.0822. The van der Waals surface area contributed by atoms with Crippen LogP contribution in [0.3, 0.4) is 0 Å². The van der Waals surface area contributed by atoms with Gasteiger partial charge in [-0.25, -0.2) is 8.42 Å². The molecular weight excluding hydrogens is 552 g/mol. The SMILES string of the molecule is CCCSC(SCCC)c1ccc(OCC(=O)N2CCN(S(=O)(=O)c3ccccc3Cl)CC2)c(OC)c1. The molecule has 1 saturated heterocycles. The summed E-state index contributed by atoms with van der Waals surface area (Å²) in [4.78, 5) is 14.5. The molecule has 11 heteroatoms. The number of amides is 1. The number of methoxy groups -OCH3 is 1. The van der Waals surface area contributed by atoms with E-state index in [1.54, 1.807) is 30.2 Å². The van der Waals surface area contributed by atoms with Gasteiger partial charge in [0.1, 0.15) is 4.90 Å². The van der Waals surface area contributed by atoms with Crippen LogP contribution in [0, 0.1) is 0 Å². The fourth-order valence-corrected chi connectivity index (χ4v) is 8.30. The highest BCUT2D eigenvalue weighted by Gasteiger charge is 2.31. The highest BCUT2D eigenvalue weighted by Crippen LogP contribution is 2.42. The third-order valence-electron chi connectivity index (χ3n) is 5.80. The number of carbonyl (C=O) groups excluding carboxylic acids is 1. The van der Waals surface area contributed by atoms with E-state index < -0.39 is 10.0 Å². The van der Waals surface area contributed by atoms with Crippen LogP contribution >= 0.6 is 35.1 Å². The number of rotatable bonds is 13. The Bertz CT molecular complexity index is 1130. The normalized spacial score (nSPS) is 14.7. The van der Waals surface area contributed by atoms with Crippen molar-refractivity contribution in [2.24, 2.45) is 0 Å². The molecule has 0 unspecified atom stereocenters. The van der Waals surface area contributed by atoms with Gasteiger partial charge in [0.15, 0.2) is 18.1 Å². The van der Waals surface area contributed by atoms with Gasteiger partial charge in [-0.1, -0.05) is 43.6 Å². The van der Waals surface area contributed by atoms with E-state index in [1.165, 1.54) is 15.9 Å². The lowest BCUT2D eigenvalue weighted by atomic mass is 10.2. The van der Waals surface area contributed by atoms with Crippen LogP contribution in [0.15, 0.2) is 47.4 Å². The molecule has 0 N–H and O–H groups in total. The first kappa shape index (κ1) is 30.0. The largest absolute Gasteiger partial charge is 0.493 e. The number of halogens is 1. The van der Waals surface area contributed by atoms with Crippen molar-refractivity contribution in [1.82, 2.24) is 9.21 Å². The first-order chi connectivity index (χ1) is 17.8. The maximum Gasteiger partial charge on any atom is 0.260 e. The van der Waals surface area contributed by atoms with E-state index in [9.17, 15) is 13.2 Å². The molecule has 37 heavy (non-hydrogen) atoms. The summed E-state index contributed by atoms with van der Waals surface area (Å²) in [5.41, 5.74) is 1.17. The molecule has 0 radical (unpaired) electrons. The standard InChI is InChI=1S/C26H35ClN2O5S3/c1-4-16-35-26(36-17-5-2)20-10-11-22(23(18-20)33-3)34-19-25(30)28-12-14-29(15-13-28)37(31,32)24-9-7-6-8-21(24)27/h6-11,18,26H,4-5,12-17,19H2,1-3H3. The Morgan fingerprint density at radius 3 is 2.24 bits per heavy atom. The summed E-state index contributed by atoms with van der Waals surface area (Å²) in [7, 11) is -2.12. The van der Waals surface area contributed by atoms with Gasteiger partial charge in [-0.15, -0.1) is 23.5 Å². The predicted molar refractivity (Wildman–Crippen MR) is 154 cm³/mol. The van der Waals surface area contributed by atoms with Gasteiger partial charge in [-0.05, 0) is 54.2 Å². The summed E-state index contributed by atoms with van der Waals surface area (Å²) in [6.07, 6.45) is 2.24. The highest BCUT2D eigenvalue weighted by molar-refractivity contribution is 8.16. The molecule has 2 aromatic rings. The fourth-order valence-electron chi connectivity index (χ4n) is 3.84. The number of hydrogen-bond donors (Lipinski definition) is 0. The third kappa shape index (κ3) is 7.95. The summed E-state index contributed by atoms with van der Waals surface area (Å²) in [5, 5.41) is 0.189. The van der Waals surface area contributed by atoms with Gasteiger partial charge < -0.3 is 14.4 Å². The van der Waals surface area contributed by atoms with Crippen molar-refractivity contribution in [2.75, 3.05) is 51.4 Å². The molecule has 1 heterocycles. The lowest BCUT2D eigenvalue weighted by molar-refractivity contribution is -0.134. The van der Waals surface area contributed by atoms with Crippen molar-refractivity contribution >= 4 is 51.1 Å². The van der Waals surface area contributed by atoms with E-state index >= 15 is 0 Å². The molecule has 0 saturated carbocycles. The van der Waals surface area contributed by atoms with Crippen molar-refractivity contribution < 1.29 is 22.7 Å². The summed E-state index contributed by atoms with van der Waals surface area (Å²) in [6.45, 7) is 5.18. The maximum atomic E-state index is 13.0. The van der Waals surface area contributed by atoms with Gasteiger partial charge in [0.2, 0.25) is 10.0 Å². The molecule has 3 rings (SSSR count). The molecule has 0 atom stereocenters. The van der Waals surface area contributed by atoms with E-state index in [2.05, 4.69) is 13.8 Å². The zero-order chi connectivity index (χ0) is 26.8. The zero-order valence-electron chi connectivity index (χ0n) is 21.5. The average Bonchev–Trinajstić information content (AvgIpc) is 2.92. The highest BCUT2D eigenvalue weighted by atomic mass is 35.5. The van der Waals surface area contributed by atoms with Crippen LogP contribution < -0.4 is 9.47 Å². The number of carbonyl (C=O) groups is 1. The van der Waals surface area contributed by atoms with E-state index in [-0.39, 0.29) is 48.6 Å². The molecule has 1 amide bonds.